The van der Waals surface area contributed by atoms with E-state index in [2.05, 4.69) is 0 Å². The van der Waals surface area contributed by atoms with E-state index in [1.54, 1.807) is 29.2 Å². The topological polar surface area (TPSA) is 111 Å². The Balaban J connectivity index is 0.00000507. The monoisotopic (exact) mass is 588 g/mol. The molecule has 3 rings (SSSR count). The zero-order valence-corrected chi connectivity index (χ0v) is 25.1. The van der Waals surface area contributed by atoms with E-state index in [4.69, 9.17) is 10.1 Å². The summed E-state index contributed by atoms with van der Waals surface area (Å²) < 4.78 is 4.87. The second kappa shape index (κ2) is 12.0. The molecule has 1 aliphatic rings. The van der Waals surface area contributed by atoms with Crippen LogP contribution in [0, 0.1) is 17.2 Å². The largest absolute Gasteiger partial charge is 0.507 e. The van der Waals surface area contributed by atoms with Crippen molar-refractivity contribution in [1.82, 2.24) is 4.90 Å². The molecule has 8 heteroatoms. The van der Waals surface area contributed by atoms with E-state index >= 15 is 0 Å². The summed E-state index contributed by atoms with van der Waals surface area (Å²) in [5.74, 6) is -1.30. The molecule has 1 heterocycles. The summed E-state index contributed by atoms with van der Waals surface area (Å²) in [5, 5.41) is 31.0. The quantitative estimate of drug-likeness (QED) is 0.288. The zero-order valence-electron chi connectivity index (χ0n) is 23.4. The van der Waals surface area contributed by atoms with Crippen molar-refractivity contribution in [3.05, 3.63) is 64.7 Å². The summed E-state index contributed by atoms with van der Waals surface area (Å²) in [7, 11) is 1.32. The summed E-state index contributed by atoms with van der Waals surface area (Å²) in [4.78, 5) is 27.4. The van der Waals surface area contributed by atoms with Gasteiger partial charge in [0.1, 0.15) is 11.6 Å². The van der Waals surface area contributed by atoms with Crippen molar-refractivity contribution >= 4 is 34.6 Å². The van der Waals surface area contributed by atoms with Crippen LogP contribution in [-0.2, 0) is 20.4 Å². The van der Waals surface area contributed by atoms with Crippen LogP contribution >= 0.6 is 17.0 Å². The molecule has 1 fully saturated rings. The molecule has 2 aromatic rings. The fourth-order valence-electron chi connectivity index (χ4n) is 5.04. The van der Waals surface area contributed by atoms with Crippen LogP contribution in [-0.4, -0.2) is 52.9 Å². The van der Waals surface area contributed by atoms with Crippen LogP contribution in [0.3, 0.4) is 0 Å². The molecule has 0 radical (unpaired) electrons. The van der Waals surface area contributed by atoms with Crippen LogP contribution in [0.2, 0.25) is 0 Å². The average Bonchev–Trinajstić information content (AvgIpc) is 3.11. The van der Waals surface area contributed by atoms with Gasteiger partial charge in [-0.15, -0.1) is 17.0 Å². The second-order valence-corrected chi connectivity index (χ2v) is 12.0. The highest BCUT2D eigenvalue weighted by atomic mass is 79.9. The summed E-state index contributed by atoms with van der Waals surface area (Å²) in [6.45, 7) is 12.2. The van der Waals surface area contributed by atoms with Crippen molar-refractivity contribution < 1.29 is 24.5 Å². The molecule has 0 aromatic heterocycles. The van der Waals surface area contributed by atoms with Gasteiger partial charge in [0.05, 0.1) is 32.1 Å². The number of rotatable bonds is 7. The van der Waals surface area contributed by atoms with Crippen molar-refractivity contribution in [2.45, 2.75) is 64.9 Å². The Labute approximate surface area is 236 Å². The Morgan fingerprint density at radius 2 is 1.58 bits per heavy atom. The number of hydrogen-bond donors (Lipinski definition) is 3. The first-order valence-corrected chi connectivity index (χ1v) is 12.7. The number of aliphatic hydroxyl groups excluding tert-OH is 1. The molecular formula is C30H41BrN2O5. The predicted octanol–water partition coefficient (Wildman–Crippen LogP) is 5.57. The van der Waals surface area contributed by atoms with Gasteiger partial charge in [-0.3, -0.25) is 15.0 Å². The number of likely N-dealkylation sites (tertiary alicyclic amines) is 1. The van der Waals surface area contributed by atoms with Gasteiger partial charge in [0.2, 0.25) is 0 Å². The number of benzene rings is 2. The van der Waals surface area contributed by atoms with Crippen LogP contribution in [0.15, 0.2) is 42.5 Å². The minimum atomic E-state index is -0.989. The van der Waals surface area contributed by atoms with Gasteiger partial charge in [-0.1, -0.05) is 71.9 Å². The lowest BCUT2D eigenvalue weighted by molar-refractivity contribution is -0.142. The summed E-state index contributed by atoms with van der Waals surface area (Å²) in [6, 6.07) is 12.6. The van der Waals surface area contributed by atoms with Gasteiger partial charge in [-0.2, -0.15) is 0 Å². The molecule has 3 N–H and O–H groups in total. The van der Waals surface area contributed by atoms with Crippen LogP contribution in [0.1, 0.15) is 81.1 Å². The molecule has 0 spiro atoms. The number of hydrogen-bond acceptors (Lipinski definition) is 6. The Bertz CT molecular complexity index is 1130. The number of aliphatic hydroxyl groups is 1. The smallest absolute Gasteiger partial charge is 0.305 e. The van der Waals surface area contributed by atoms with Gasteiger partial charge in [0, 0.05) is 23.2 Å². The maximum atomic E-state index is 13.6. The number of aromatic hydroxyl groups is 1. The van der Waals surface area contributed by atoms with E-state index < -0.39 is 18.0 Å². The molecule has 3 atom stereocenters. The summed E-state index contributed by atoms with van der Waals surface area (Å²) in [5.41, 5.74) is 1.76. The standard InChI is InChI=1S/C30H40N2O5.BrH/c1-29(2,3)21-13-19(14-22(27(21)36)30(4,5)6)23(33)17-32-16-20(15-24(34)37-7)25(28(32)31)26(35)18-11-9-8-10-12-18;/h8-14,20,25-26,31,35-36H,15-17H2,1-7H3;1H/t20-,25+,26+;/m1./s1. The predicted molar refractivity (Wildman–Crippen MR) is 154 cm³/mol. The van der Waals surface area contributed by atoms with Gasteiger partial charge in [-0.05, 0) is 34.4 Å². The van der Waals surface area contributed by atoms with Gasteiger partial charge in [-0.25, -0.2) is 0 Å². The van der Waals surface area contributed by atoms with Crippen LogP contribution in [0.25, 0.3) is 0 Å². The first-order valence-electron chi connectivity index (χ1n) is 12.7. The Kier molecular flexibility index (Phi) is 9.94. The number of amidine groups is 1. The third kappa shape index (κ3) is 6.83. The molecule has 1 saturated heterocycles. The van der Waals surface area contributed by atoms with Crippen molar-refractivity contribution in [2.24, 2.45) is 11.8 Å². The van der Waals surface area contributed by atoms with Crippen molar-refractivity contribution in [3.63, 3.8) is 0 Å². The summed E-state index contributed by atoms with van der Waals surface area (Å²) in [6.07, 6.45) is -0.947. The van der Waals surface area contributed by atoms with Gasteiger partial charge in [0.25, 0.3) is 0 Å². The maximum absolute atomic E-state index is 13.6. The number of ether oxygens (including phenoxy) is 1. The molecule has 0 aliphatic carbocycles. The molecule has 0 unspecified atom stereocenters. The lowest BCUT2D eigenvalue weighted by atomic mass is 9.78. The molecule has 208 valence electrons. The molecule has 38 heavy (non-hydrogen) atoms. The SMILES string of the molecule is Br.COC(=O)C[C@@H]1CN(CC(=O)c2cc(C(C)(C)C)c(O)c(C(C)(C)C)c2)C(=N)[C@@H]1[C@@H](O)c1ccccc1. The van der Waals surface area contributed by atoms with E-state index in [9.17, 15) is 19.8 Å². The molecular weight excluding hydrogens is 548 g/mol. The third-order valence-corrected chi connectivity index (χ3v) is 7.14. The fourth-order valence-corrected chi connectivity index (χ4v) is 5.04. The molecule has 2 aromatic carbocycles. The number of carbonyl (C=O) groups excluding carboxylic acids is 2. The Morgan fingerprint density at radius 1 is 1.05 bits per heavy atom. The van der Waals surface area contributed by atoms with Crippen LogP contribution in [0.4, 0.5) is 0 Å². The number of phenolic OH excluding ortho intramolecular Hbond substituents is 1. The minimum Gasteiger partial charge on any atom is -0.507 e. The first kappa shape index (κ1) is 31.5. The first-order chi connectivity index (χ1) is 17.1. The van der Waals surface area contributed by atoms with Crippen LogP contribution in [0.5, 0.6) is 5.75 Å². The minimum absolute atomic E-state index is 0. The van der Waals surface area contributed by atoms with Gasteiger partial charge in [0.15, 0.2) is 5.78 Å². The summed E-state index contributed by atoms with van der Waals surface area (Å²) >= 11 is 0. The van der Waals surface area contributed by atoms with E-state index in [-0.39, 0.29) is 70.6 Å². The Hall–Kier alpha value is -2.71. The maximum Gasteiger partial charge on any atom is 0.305 e. The number of carbonyl (C=O) groups is 2. The number of Topliss-reactive ketones (excluding diaryl/α,β-unsaturated/α-hetero) is 1. The lowest BCUT2D eigenvalue weighted by Gasteiger charge is -2.28. The number of halogens is 1. The van der Waals surface area contributed by atoms with Crippen molar-refractivity contribution in [2.75, 3.05) is 20.2 Å². The zero-order chi connectivity index (χ0) is 27.7. The van der Waals surface area contributed by atoms with Crippen molar-refractivity contribution in [1.29, 1.82) is 5.41 Å². The number of phenols is 1. The Morgan fingerprint density at radius 3 is 2.05 bits per heavy atom. The number of esters is 1. The average molecular weight is 590 g/mol. The third-order valence-electron chi connectivity index (χ3n) is 7.14. The van der Waals surface area contributed by atoms with E-state index in [1.807, 2.05) is 59.7 Å². The van der Waals surface area contributed by atoms with Gasteiger partial charge >= 0.3 is 5.97 Å². The molecule has 0 amide bonds. The number of nitrogens with zero attached hydrogens (tertiary/aromatic N) is 1. The number of methoxy groups -OCH3 is 1. The highest BCUT2D eigenvalue weighted by molar-refractivity contribution is 8.93. The van der Waals surface area contributed by atoms with Crippen molar-refractivity contribution in [3.8, 4) is 5.75 Å². The molecule has 0 bridgehead atoms. The van der Waals surface area contributed by atoms with Crippen LogP contribution < -0.4 is 0 Å². The lowest BCUT2D eigenvalue weighted by Crippen LogP contribution is -2.34. The normalized spacial score (nSPS) is 18.6. The highest BCUT2D eigenvalue weighted by Crippen LogP contribution is 2.41. The number of ketones is 1. The number of nitrogens with one attached hydrogen (secondary N) is 1. The van der Waals surface area contributed by atoms with E-state index in [0.29, 0.717) is 22.3 Å². The second-order valence-electron chi connectivity index (χ2n) is 12.0. The molecule has 1 aliphatic heterocycles. The fraction of sp³-hybridized carbons (Fsp3) is 0.500. The highest BCUT2D eigenvalue weighted by Gasteiger charge is 2.44. The molecule has 7 nitrogen and oxygen atoms in total. The molecule has 0 saturated carbocycles. The van der Waals surface area contributed by atoms with E-state index in [1.165, 1.54) is 7.11 Å². The van der Waals surface area contributed by atoms with Gasteiger partial charge < -0.3 is 19.8 Å². The van der Waals surface area contributed by atoms with E-state index in [0.717, 1.165) is 0 Å².